The SMILES string of the molecule is COc1cc(CN=C(N)N2CCN(c3ccc(Cl)cc3)CC2)cc(OC)c1OC.I. The van der Waals surface area contributed by atoms with Crippen molar-refractivity contribution in [3.63, 3.8) is 0 Å². The van der Waals surface area contributed by atoms with E-state index in [2.05, 4.69) is 14.8 Å². The van der Waals surface area contributed by atoms with Gasteiger partial charge in [-0.05, 0) is 42.0 Å². The summed E-state index contributed by atoms with van der Waals surface area (Å²) < 4.78 is 16.1. The van der Waals surface area contributed by atoms with E-state index in [9.17, 15) is 0 Å². The molecular formula is C21H28ClIN4O3. The van der Waals surface area contributed by atoms with Crippen LogP contribution in [0.4, 0.5) is 5.69 Å². The van der Waals surface area contributed by atoms with Gasteiger partial charge in [0.05, 0.1) is 27.9 Å². The summed E-state index contributed by atoms with van der Waals surface area (Å²) >= 11 is 5.97. The maximum atomic E-state index is 6.25. The quantitative estimate of drug-likeness (QED) is 0.339. The fraction of sp³-hybridized carbons (Fsp3) is 0.381. The third-order valence-corrected chi connectivity index (χ3v) is 5.20. The van der Waals surface area contributed by atoms with Gasteiger partial charge in [-0.15, -0.1) is 24.0 Å². The van der Waals surface area contributed by atoms with Crippen molar-refractivity contribution in [2.45, 2.75) is 6.54 Å². The summed E-state index contributed by atoms with van der Waals surface area (Å²) in [5.74, 6) is 2.31. The first-order valence-corrected chi connectivity index (χ1v) is 9.77. The fourth-order valence-electron chi connectivity index (χ4n) is 3.34. The molecule has 0 radical (unpaired) electrons. The van der Waals surface area contributed by atoms with Crippen molar-refractivity contribution in [2.24, 2.45) is 10.7 Å². The molecule has 0 unspecified atom stereocenters. The van der Waals surface area contributed by atoms with E-state index in [1.54, 1.807) is 21.3 Å². The van der Waals surface area contributed by atoms with Crippen LogP contribution in [0.5, 0.6) is 17.2 Å². The van der Waals surface area contributed by atoms with Crippen molar-refractivity contribution in [3.05, 3.63) is 47.0 Å². The third-order valence-electron chi connectivity index (χ3n) is 4.94. The number of guanidine groups is 1. The maximum Gasteiger partial charge on any atom is 0.203 e. The summed E-state index contributed by atoms with van der Waals surface area (Å²) in [7, 11) is 4.78. The highest BCUT2D eigenvalue weighted by atomic mass is 127. The summed E-state index contributed by atoms with van der Waals surface area (Å²) in [6.07, 6.45) is 0. The van der Waals surface area contributed by atoms with Crippen LogP contribution in [0.15, 0.2) is 41.4 Å². The van der Waals surface area contributed by atoms with Gasteiger partial charge in [0.25, 0.3) is 0 Å². The molecule has 2 N–H and O–H groups in total. The highest BCUT2D eigenvalue weighted by Gasteiger charge is 2.19. The van der Waals surface area contributed by atoms with Gasteiger partial charge >= 0.3 is 0 Å². The van der Waals surface area contributed by atoms with E-state index in [-0.39, 0.29) is 24.0 Å². The number of aliphatic imine (C=N–C) groups is 1. The van der Waals surface area contributed by atoms with Crippen molar-refractivity contribution < 1.29 is 14.2 Å². The van der Waals surface area contributed by atoms with Crippen molar-refractivity contribution in [2.75, 3.05) is 52.4 Å². The Kier molecular flexibility index (Phi) is 9.16. The highest BCUT2D eigenvalue weighted by Crippen LogP contribution is 2.38. The Morgan fingerprint density at radius 3 is 2.03 bits per heavy atom. The van der Waals surface area contributed by atoms with Gasteiger partial charge in [-0.25, -0.2) is 4.99 Å². The minimum Gasteiger partial charge on any atom is -0.493 e. The Hall–Kier alpha value is -2.07. The molecule has 0 amide bonds. The van der Waals surface area contributed by atoms with Crippen LogP contribution in [-0.2, 0) is 6.54 Å². The van der Waals surface area contributed by atoms with Gasteiger partial charge in [-0.1, -0.05) is 11.6 Å². The van der Waals surface area contributed by atoms with Crippen LogP contribution in [0, 0.1) is 0 Å². The number of hydrogen-bond acceptors (Lipinski definition) is 5. The summed E-state index contributed by atoms with van der Waals surface area (Å²) in [5.41, 5.74) is 8.35. The average molecular weight is 547 g/mol. The molecule has 1 aliphatic rings. The predicted molar refractivity (Wildman–Crippen MR) is 132 cm³/mol. The number of nitrogens with two attached hydrogens (primary N) is 1. The van der Waals surface area contributed by atoms with Crippen molar-refractivity contribution in [3.8, 4) is 17.2 Å². The first-order chi connectivity index (χ1) is 14.0. The van der Waals surface area contributed by atoms with Gasteiger partial charge in [-0.3, -0.25) is 0 Å². The van der Waals surface area contributed by atoms with Gasteiger partial charge in [0.2, 0.25) is 5.75 Å². The van der Waals surface area contributed by atoms with E-state index in [0.717, 1.165) is 36.8 Å². The number of halogens is 2. The molecule has 0 spiro atoms. The van der Waals surface area contributed by atoms with Gasteiger partial charge in [0.1, 0.15) is 0 Å². The molecule has 1 fully saturated rings. The molecule has 1 aliphatic heterocycles. The summed E-state index contributed by atoms with van der Waals surface area (Å²) in [5, 5.41) is 0.746. The molecule has 3 rings (SSSR count). The van der Waals surface area contributed by atoms with Crippen LogP contribution < -0.4 is 24.8 Å². The molecule has 0 saturated carbocycles. The number of nitrogens with zero attached hydrogens (tertiary/aromatic N) is 3. The fourth-order valence-corrected chi connectivity index (χ4v) is 3.47. The second-order valence-electron chi connectivity index (χ2n) is 6.66. The zero-order valence-electron chi connectivity index (χ0n) is 17.4. The molecule has 1 saturated heterocycles. The Balaban J connectivity index is 0.00000320. The first kappa shape index (κ1) is 24.2. The number of methoxy groups -OCH3 is 3. The van der Waals surface area contributed by atoms with Crippen LogP contribution >= 0.6 is 35.6 Å². The molecule has 7 nitrogen and oxygen atoms in total. The lowest BCUT2D eigenvalue weighted by atomic mass is 10.2. The van der Waals surface area contributed by atoms with E-state index in [1.165, 1.54) is 5.69 Å². The van der Waals surface area contributed by atoms with Crippen molar-refractivity contribution >= 4 is 47.2 Å². The lowest BCUT2D eigenvalue weighted by molar-refractivity contribution is 0.324. The number of anilines is 1. The van der Waals surface area contributed by atoms with Crippen molar-refractivity contribution in [1.82, 2.24) is 4.90 Å². The Labute approximate surface area is 199 Å². The van der Waals surface area contributed by atoms with Crippen LogP contribution in [-0.4, -0.2) is 58.4 Å². The molecular weight excluding hydrogens is 519 g/mol. The number of ether oxygens (including phenoxy) is 3. The Bertz CT molecular complexity index is 831. The summed E-state index contributed by atoms with van der Waals surface area (Å²) in [4.78, 5) is 8.99. The minimum absolute atomic E-state index is 0. The van der Waals surface area contributed by atoms with Crippen LogP contribution in [0.3, 0.4) is 0 Å². The number of piperazine rings is 1. The average Bonchev–Trinajstić information content (AvgIpc) is 2.77. The van der Waals surface area contributed by atoms with E-state index in [1.807, 2.05) is 36.4 Å². The van der Waals surface area contributed by atoms with Gasteiger partial charge in [0, 0.05) is 36.9 Å². The minimum atomic E-state index is 0. The second kappa shape index (κ2) is 11.4. The zero-order valence-corrected chi connectivity index (χ0v) is 20.5. The number of hydrogen-bond donors (Lipinski definition) is 1. The number of benzene rings is 2. The normalized spacial score (nSPS) is 14.2. The number of rotatable bonds is 6. The van der Waals surface area contributed by atoms with E-state index in [4.69, 9.17) is 31.5 Å². The van der Waals surface area contributed by atoms with Gasteiger partial charge < -0.3 is 29.7 Å². The molecule has 164 valence electrons. The molecule has 30 heavy (non-hydrogen) atoms. The first-order valence-electron chi connectivity index (χ1n) is 9.40. The molecule has 2 aromatic carbocycles. The third kappa shape index (κ3) is 5.75. The Morgan fingerprint density at radius 2 is 1.53 bits per heavy atom. The zero-order chi connectivity index (χ0) is 20.8. The molecule has 9 heteroatoms. The second-order valence-corrected chi connectivity index (χ2v) is 7.09. The Morgan fingerprint density at radius 1 is 0.967 bits per heavy atom. The smallest absolute Gasteiger partial charge is 0.203 e. The van der Waals surface area contributed by atoms with E-state index >= 15 is 0 Å². The summed E-state index contributed by atoms with van der Waals surface area (Å²) in [6, 6.07) is 11.7. The van der Waals surface area contributed by atoms with E-state index in [0.29, 0.717) is 29.8 Å². The molecule has 0 aromatic heterocycles. The van der Waals surface area contributed by atoms with Crippen molar-refractivity contribution in [1.29, 1.82) is 0 Å². The lowest BCUT2D eigenvalue weighted by Gasteiger charge is -2.36. The van der Waals surface area contributed by atoms with Crippen LogP contribution in [0.1, 0.15) is 5.56 Å². The van der Waals surface area contributed by atoms with Crippen LogP contribution in [0.25, 0.3) is 0 Å². The van der Waals surface area contributed by atoms with Crippen LogP contribution in [0.2, 0.25) is 5.02 Å². The monoisotopic (exact) mass is 546 g/mol. The molecule has 0 aliphatic carbocycles. The van der Waals surface area contributed by atoms with Gasteiger partial charge in [-0.2, -0.15) is 0 Å². The van der Waals surface area contributed by atoms with E-state index < -0.39 is 0 Å². The highest BCUT2D eigenvalue weighted by molar-refractivity contribution is 14.0. The summed E-state index contributed by atoms with van der Waals surface area (Å²) in [6.45, 7) is 3.81. The molecule has 0 atom stereocenters. The molecule has 2 aromatic rings. The molecule has 1 heterocycles. The largest absolute Gasteiger partial charge is 0.493 e. The standard InChI is InChI=1S/C21H27ClN4O3.HI/c1-27-18-12-15(13-19(28-2)20(18)29-3)14-24-21(23)26-10-8-25(9-11-26)17-6-4-16(22)5-7-17;/h4-7,12-13H,8-11,14H2,1-3H3,(H2,23,24);1H. The maximum absolute atomic E-state index is 6.25. The molecule has 0 bridgehead atoms. The predicted octanol–water partition coefficient (Wildman–Crippen LogP) is 3.62. The lowest BCUT2D eigenvalue weighted by Crippen LogP contribution is -2.51. The topological polar surface area (TPSA) is 72.6 Å². The van der Waals surface area contributed by atoms with Gasteiger partial charge in [0.15, 0.2) is 17.5 Å².